The lowest BCUT2D eigenvalue weighted by atomic mass is 10.1. The lowest BCUT2D eigenvalue weighted by Crippen LogP contribution is -2.50. The number of aliphatic hydroxyl groups excluding tert-OH is 4. The Morgan fingerprint density at radius 3 is 2.12 bits per heavy atom. The van der Waals surface area contributed by atoms with E-state index in [1.807, 2.05) is 5.32 Å². The van der Waals surface area contributed by atoms with Crippen LogP contribution in [0.15, 0.2) is 0 Å². The molecule has 0 spiro atoms. The lowest BCUT2D eigenvalue weighted by Gasteiger charge is -2.24. The van der Waals surface area contributed by atoms with Crippen molar-refractivity contribution in [3.63, 3.8) is 0 Å². The zero-order valence-electron chi connectivity index (χ0n) is 8.50. The van der Waals surface area contributed by atoms with Crippen molar-refractivity contribution in [2.24, 2.45) is 0 Å². The molecule has 0 aliphatic heterocycles. The first-order valence-electron chi connectivity index (χ1n) is 4.41. The van der Waals surface area contributed by atoms with E-state index in [4.69, 9.17) is 21.8 Å². The highest BCUT2D eigenvalue weighted by Gasteiger charge is 2.34. The van der Waals surface area contributed by atoms with Crippen LogP contribution in [-0.4, -0.2) is 62.5 Å². The quantitative estimate of drug-likeness (QED) is 0.341. The summed E-state index contributed by atoms with van der Waals surface area (Å²) in [6, 6.07) is 0. The summed E-state index contributed by atoms with van der Waals surface area (Å²) in [7, 11) is 0. The SMILES string of the molecule is CC(=O)NC(=O)C(Cl)C(O)C(O)C(O)CO. The number of alkyl halides is 1. The fourth-order valence-electron chi connectivity index (χ4n) is 0.906. The fourth-order valence-corrected chi connectivity index (χ4v) is 1.11. The Morgan fingerprint density at radius 1 is 1.25 bits per heavy atom. The van der Waals surface area contributed by atoms with Gasteiger partial charge in [-0.1, -0.05) is 0 Å². The summed E-state index contributed by atoms with van der Waals surface area (Å²) in [6.45, 7) is 0.281. The van der Waals surface area contributed by atoms with Crippen molar-refractivity contribution in [1.82, 2.24) is 5.32 Å². The Kier molecular flexibility index (Phi) is 6.46. The van der Waals surface area contributed by atoms with Gasteiger partial charge in [0, 0.05) is 6.92 Å². The molecule has 0 fully saturated rings. The molecule has 0 aromatic heterocycles. The zero-order valence-corrected chi connectivity index (χ0v) is 9.26. The van der Waals surface area contributed by atoms with Gasteiger partial charge in [-0.25, -0.2) is 0 Å². The molecule has 0 saturated carbocycles. The van der Waals surface area contributed by atoms with E-state index in [0.29, 0.717) is 0 Å². The van der Waals surface area contributed by atoms with E-state index in [0.717, 1.165) is 6.92 Å². The third-order valence-electron chi connectivity index (χ3n) is 1.78. The minimum absolute atomic E-state index is 0.667. The third kappa shape index (κ3) is 4.42. The van der Waals surface area contributed by atoms with Crippen LogP contribution in [0.25, 0.3) is 0 Å². The molecule has 8 heteroatoms. The van der Waals surface area contributed by atoms with Gasteiger partial charge in [0.15, 0.2) is 0 Å². The van der Waals surface area contributed by atoms with E-state index in [1.54, 1.807) is 0 Å². The summed E-state index contributed by atoms with van der Waals surface area (Å²) in [5.41, 5.74) is 0. The second-order valence-electron chi connectivity index (χ2n) is 3.18. The number of amides is 2. The van der Waals surface area contributed by atoms with E-state index in [-0.39, 0.29) is 0 Å². The second-order valence-corrected chi connectivity index (χ2v) is 3.65. The fraction of sp³-hybridized carbons (Fsp3) is 0.750. The van der Waals surface area contributed by atoms with Crippen molar-refractivity contribution in [3.8, 4) is 0 Å². The number of carbonyl (C=O) groups excluding carboxylic acids is 2. The molecule has 0 aliphatic carbocycles. The first-order chi connectivity index (χ1) is 7.31. The van der Waals surface area contributed by atoms with Crippen LogP contribution in [0.4, 0.5) is 0 Å². The number of hydrogen-bond acceptors (Lipinski definition) is 6. The summed E-state index contributed by atoms with van der Waals surface area (Å²) < 4.78 is 0. The number of carbonyl (C=O) groups is 2. The van der Waals surface area contributed by atoms with E-state index in [9.17, 15) is 19.8 Å². The molecule has 0 radical (unpaired) electrons. The van der Waals surface area contributed by atoms with Gasteiger partial charge >= 0.3 is 0 Å². The van der Waals surface area contributed by atoms with Crippen molar-refractivity contribution in [3.05, 3.63) is 0 Å². The molecule has 0 aliphatic rings. The molecule has 4 unspecified atom stereocenters. The van der Waals surface area contributed by atoms with Gasteiger partial charge in [-0.2, -0.15) is 0 Å². The van der Waals surface area contributed by atoms with Gasteiger partial charge < -0.3 is 20.4 Å². The maximum Gasteiger partial charge on any atom is 0.247 e. The normalized spacial score (nSPS) is 18.4. The monoisotopic (exact) mass is 255 g/mol. The predicted octanol–water partition coefficient (Wildman–Crippen LogP) is -2.67. The van der Waals surface area contributed by atoms with Crippen molar-refractivity contribution < 1.29 is 30.0 Å². The highest BCUT2D eigenvalue weighted by Crippen LogP contribution is 2.10. The first kappa shape index (κ1) is 15.3. The minimum Gasteiger partial charge on any atom is -0.394 e. The Morgan fingerprint density at radius 2 is 1.75 bits per heavy atom. The Bertz CT molecular complexity index is 261. The van der Waals surface area contributed by atoms with Crippen LogP contribution >= 0.6 is 11.6 Å². The summed E-state index contributed by atoms with van der Waals surface area (Å²) in [5.74, 6) is -1.66. The number of hydrogen-bond donors (Lipinski definition) is 5. The zero-order chi connectivity index (χ0) is 12.9. The van der Waals surface area contributed by atoms with E-state index >= 15 is 0 Å². The summed E-state index contributed by atoms with van der Waals surface area (Å²) >= 11 is 5.45. The van der Waals surface area contributed by atoms with Gasteiger partial charge in [-0.3, -0.25) is 14.9 Å². The van der Waals surface area contributed by atoms with E-state index < -0.39 is 42.1 Å². The second kappa shape index (κ2) is 6.77. The van der Waals surface area contributed by atoms with Crippen LogP contribution in [0.3, 0.4) is 0 Å². The molecule has 0 saturated heterocycles. The van der Waals surface area contributed by atoms with Gasteiger partial charge in [0.2, 0.25) is 11.8 Å². The molecule has 2 amide bonds. The number of halogens is 1. The van der Waals surface area contributed by atoms with Gasteiger partial charge in [-0.05, 0) is 0 Å². The number of aliphatic hydroxyl groups is 4. The van der Waals surface area contributed by atoms with E-state index in [2.05, 4.69) is 0 Å². The summed E-state index contributed by atoms with van der Waals surface area (Å²) in [5, 5.41) is 36.3. The molecule has 5 N–H and O–H groups in total. The molecule has 4 atom stereocenters. The predicted molar refractivity (Wildman–Crippen MR) is 53.6 cm³/mol. The van der Waals surface area contributed by atoms with Crippen LogP contribution < -0.4 is 5.32 Å². The first-order valence-corrected chi connectivity index (χ1v) is 4.85. The van der Waals surface area contributed by atoms with Crippen LogP contribution in [0.5, 0.6) is 0 Å². The highest BCUT2D eigenvalue weighted by molar-refractivity contribution is 6.32. The van der Waals surface area contributed by atoms with Gasteiger partial charge in [0.25, 0.3) is 0 Å². The molecule has 0 aromatic carbocycles. The largest absolute Gasteiger partial charge is 0.394 e. The number of rotatable bonds is 5. The molecule has 16 heavy (non-hydrogen) atoms. The van der Waals surface area contributed by atoms with Crippen molar-refractivity contribution >= 4 is 23.4 Å². The van der Waals surface area contributed by atoms with Crippen molar-refractivity contribution in [1.29, 1.82) is 0 Å². The third-order valence-corrected chi connectivity index (χ3v) is 2.24. The van der Waals surface area contributed by atoms with Crippen molar-refractivity contribution in [2.75, 3.05) is 6.61 Å². The molecule has 94 valence electrons. The number of nitrogens with one attached hydrogen (secondary N) is 1. The van der Waals surface area contributed by atoms with Crippen LogP contribution in [0, 0.1) is 0 Å². The minimum atomic E-state index is -1.80. The average molecular weight is 256 g/mol. The molecule has 0 aromatic rings. The van der Waals surface area contributed by atoms with Gasteiger partial charge in [-0.15, -0.1) is 11.6 Å². The van der Waals surface area contributed by atoms with Gasteiger partial charge in [0.05, 0.1) is 6.61 Å². The molecule has 0 heterocycles. The maximum atomic E-state index is 11.1. The molecule has 0 bridgehead atoms. The molecular formula is C8H14ClNO6. The molecular weight excluding hydrogens is 242 g/mol. The smallest absolute Gasteiger partial charge is 0.247 e. The maximum absolute atomic E-state index is 11.1. The lowest BCUT2D eigenvalue weighted by molar-refractivity contribution is -0.133. The van der Waals surface area contributed by atoms with Crippen LogP contribution in [-0.2, 0) is 9.59 Å². The Hall–Kier alpha value is -0.730. The number of imide groups is 1. The van der Waals surface area contributed by atoms with Gasteiger partial charge in [0.1, 0.15) is 23.7 Å². The standard InChI is InChI=1S/C8H14ClNO6/c1-3(12)10-8(16)5(9)7(15)6(14)4(13)2-11/h4-7,11,13-15H,2H2,1H3,(H,10,12,16). The highest BCUT2D eigenvalue weighted by atomic mass is 35.5. The van der Waals surface area contributed by atoms with E-state index in [1.165, 1.54) is 0 Å². The van der Waals surface area contributed by atoms with Crippen LogP contribution in [0.2, 0.25) is 0 Å². The summed E-state index contributed by atoms with van der Waals surface area (Å²) in [6.07, 6.45) is -5.21. The molecule has 7 nitrogen and oxygen atoms in total. The van der Waals surface area contributed by atoms with Crippen LogP contribution in [0.1, 0.15) is 6.92 Å². The summed E-state index contributed by atoms with van der Waals surface area (Å²) in [4.78, 5) is 21.6. The topological polar surface area (TPSA) is 127 Å². The Labute approximate surface area is 96.6 Å². The Balaban J connectivity index is 4.42. The average Bonchev–Trinajstić information content (AvgIpc) is 2.23. The van der Waals surface area contributed by atoms with Crippen molar-refractivity contribution in [2.45, 2.75) is 30.6 Å². The molecule has 0 rings (SSSR count).